The van der Waals surface area contributed by atoms with E-state index in [1.165, 1.54) is 4.90 Å². The minimum atomic E-state index is -1.03. The number of ether oxygens (including phenoxy) is 2. The highest BCUT2D eigenvalue weighted by molar-refractivity contribution is 5.85. The number of carboxylic acid groups (broad SMARTS) is 1. The number of hydrogen-bond donors (Lipinski definition) is 1. The van der Waals surface area contributed by atoms with Gasteiger partial charge in [-0.15, -0.1) is 0 Å². The van der Waals surface area contributed by atoms with Gasteiger partial charge in [0.05, 0.1) is 19.8 Å². The monoisotopic (exact) mass is 307 g/mol. The summed E-state index contributed by atoms with van der Waals surface area (Å²) in [5, 5.41) is 9.17. The Morgan fingerprint density at radius 2 is 2.14 bits per heavy atom. The molecule has 0 saturated carbocycles. The van der Waals surface area contributed by atoms with Gasteiger partial charge in [-0.3, -0.25) is 4.79 Å². The molecule has 2 rings (SSSR count). The average Bonchev–Trinajstić information content (AvgIpc) is 2.55. The van der Waals surface area contributed by atoms with Crippen LogP contribution in [0.15, 0.2) is 30.3 Å². The van der Waals surface area contributed by atoms with Crippen LogP contribution >= 0.6 is 0 Å². The highest BCUT2D eigenvalue weighted by Crippen LogP contribution is 2.16. The molecule has 1 aromatic rings. The fraction of sp³-hybridized carbons (Fsp3) is 0.500. The van der Waals surface area contributed by atoms with Crippen LogP contribution in [0.2, 0.25) is 0 Å². The quantitative estimate of drug-likeness (QED) is 0.860. The maximum absolute atomic E-state index is 12.4. The van der Waals surface area contributed by atoms with Gasteiger partial charge in [0.15, 0.2) is 6.04 Å². The van der Waals surface area contributed by atoms with E-state index in [2.05, 4.69) is 0 Å². The number of aliphatic carboxylic acids is 1. The second-order valence-corrected chi connectivity index (χ2v) is 5.31. The van der Waals surface area contributed by atoms with E-state index >= 15 is 0 Å². The third kappa shape index (κ3) is 4.21. The van der Waals surface area contributed by atoms with Gasteiger partial charge >= 0.3 is 5.97 Å². The Labute approximate surface area is 129 Å². The van der Waals surface area contributed by atoms with E-state index in [9.17, 15) is 9.59 Å². The van der Waals surface area contributed by atoms with Gasteiger partial charge in [0.25, 0.3) is 0 Å². The summed E-state index contributed by atoms with van der Waals surface area (Å²) in [5.74, 6) is -0.714. The summed E-state index contributed by atoms with van der Waals surface area (Å²) in [5.41, 5.74) is 0. The molecule has 0 aliphatic carbocycles. The molecule has 6 heteroatoms. The number of nitrogens with zero attached hydrogens (tertiary/aromatic N) is 1. The molecule has 0 unspecified atom stereocenters. The highest BCUT2D eigenvalue weighted by Gasteiger charge is 2.34. The van der Waals surface area contributed by atoms with Crippen molar-refractivity contribution in [1.82, 2.24) is 4.90 Å². The van der Waals surface area contributed by atoms with Crippen molar-refractivity contribution in [2.75, 3.05) is 26.4 Å². The standard InChI is InChI=1S/C16H21NO5/c1-12(7-9-22-13-5-3-2-4-6-13)15(18)17-8-10-21-11-14(17)16(19)20/h2-6,12,14H,7-11H2,1H3,(H,19,20)/t12-,14+/m0/s1. The average molecular weight is 307 g/mol. The Morgan fingerprint density at radius 3 is 2.82 bits per heavy atom. The van der Waals surface area contributed by atoms with Crippen molar-refractivity contribution >= 4 is 11.9 Å². The Kier molecular flexibility index (Phi) is 5.77. The van der Waals surface area contributed by atoms with Crippen LogP contribution in [0, 0.1) is 5.92 Å². The SMILES string of the molecule is C[C@@H](CCOc1ccccc1)C(=O)N1CCOC[C@@H]1C(=O)O. The van der Waals surface area contributed by atoms with Gasteiger partial charge in [-0.2, -0.15) is 0 Å². The third-order valence-corrected chi connectivity index (χ3v) is 3.68. The van der Waals surface area contributed by atoms with Gasteiger partial charge in [-0.25, -0.2) is 4.79 Å². The van der Waals surface area contributed by atoms with Gasteiger partial charge < -0.3 is 19.5 Å². The highest BCUT2D eigenvalue weighted by atomic mass is 16.5. The molecule has 1 heterocycles. The molecule has 120 valence electrons. The van der Waals surface area contributed by atoms with Crippen LogP contribution in [0.25, 0.3) is 0 Å². The van der Waals surface area contributed by atoms with Crippen LogP contribution in [0.3, 0.4) is 0 Å². The minimum Gasteiger partial charge on any atom is -0.494 e. The molecule has 2 atom stereocenters. The molecule has 1 amide bonds. The number of carbonyl (C=O) groups excluding carboxylic acids is 1. The summed E-state index contributed by atoms with van der Waals surface area (Å²) in [7, 11) is 0. The largest absolute Gasteiger partial charge is 0.494 e. The number of carboxylic acids is 1. The summed E-state index contributed by atoms with van der Waals surface area (Å²) in [6.45, 7) is 2.96. The van der Waals surface area contributed by atoms with E-state index in [1.807, 2.05) is 30.3 Å². The lowest BCUT2D eigenvalue weighted by Gasteiger charge is -2.34. The number of amides is 1. The van der Waals surface area contributed by atoms with E-state index in [4.69, 9.17) is 14.6 Å². The second kappa shape index (κ2) is 7.79. The predicted octanol–water partition coefficient (Wildman–Crippen LogP) is 1.40. The van der Waals surface area contributed by atoms with E-state index in [0.29, 0.717) is 26.2 Å². The summed E-state index contributed by atoms with van der Waals surface area (Å²) in [6, 6.07) is 8.50. The Morgan fingerprint density at radius 1 is 1.41 bits per heavy atom. The predicted molar refractivity (Wildman–Crippen MR) is 79.7 cm³/mol. The van der Waals surface area contributed by atoms with Crippen LogP contribution in [0.5, 0.6) is 5.75 Å². The molecule has 0 radical (unpaired) electrons. The van der Waals surface area contributed by atoms with Crippen molar-refractivity contribution in [1.29, 1.82) is 0 Å². The van der Waals surface area contributed by atoms with Crippen molar-refractivity contribution < 1.29 is 24.2 Å². The zero-order chi connectivity index (χ0) is 15.9. The van der Waals surface area contributed by atoms with Crippen molar-refractivity contribution in [3.05, 3.63) is 30.3 Å². The first-order valence-electron chi connectivity index (χ1n) is 7.38. The molecule has 0 bridgehead atoms. The molecule has 22 heavy (non-hydrogen) atoms. The van der Waals surface area contributed by atoms with E-state index in [0.717, 1.165) is 5.75 Å². The molecule has 1 fully saturated rings. The maximum atomic E-state index is 12.4. The minimum absolute atomic E-state index is 0.0499. The van der Waals surface area contributed by atoms with E-state index in [-0.39, 0.29) is 18.4 Å². The lowest BCUT2D eigenvalue weighted by molar-refractivity contribution is -0.160. The summed E-state index contributed by atoms with van der Waals surface area (Å²) >= 11 is 0. The van der Waals surface area contributed by atoms with Crippen LogP contribution < -0.4 is 4.74 Å². The van der Waals surface area contributed by atoms with Crippen molar-refractivity contribution in [3.63, 3.8) is 0 Å². The molecule has 1 saturated heterocycles. The Bertz CT molecular complexity index is 505. The van der Waals surface area contributed by atoms with Gasteiger partial charge in [0, 0.05) is 12.5 Å². The van der Waals surface area contributed by atoms with Crippen LogP contribution in [0.4, 0.5) is 0 Å². The molecule has 1 aromatic carbocycles. The number of para-hydroxylation sites is 1. The lowest BCUT2D eigenvalue weighted by Crippen LogP contribution is -2.54. The summed E-state index contributed by atoms with van der Waals surface area (Å²) in [6.07, 6.45) is 0.539. The molecule has 0 spiro atoms. The summed E-state index contributed by atoms with van der Waals surface area (Å²) < 4.78 is 10.7. The fourth-order valence-electron chi connectivity index (χ4n) is 2.35. The topological polar surface area (TPSA) is 76.1 Å². The number of morpholine rings is 1. The number of carbonyl (C=O) groups is 2. The van der Waals surface area contributed by atoms with Crippen LogP contribution in [-0.2, 0) is 14.3 Å². The zero-order valence-corrected chi connectivity index (χ0v) is 12.6. The van der Waals surface area contributed by atoms with Gasteiger partial charge in [-0.05, 0) is 18.6 Å². The van der Waals surface area contributed by atoms with Crippen LogP contribution in [0.1, 0.15) is 13.3 Å². The Hall–Kier alpha value is -2.08. The summed E-state index contributed by atoms with van der Waals surface area (Å²) in [4.78, 5) is 25.0. The molecule has 1 N–H and O–H groups in total. The number of hydrogen-bond acceptors (Lipinski definition) is 4. The molecular weight excluding hydrogens is 286 g/mol. The first kappa shape index (κ1) is 16.3. The number of benzene rings is 1. The van der Waals surface area contributed by atoms with E-state index in [1.54, 1.807) is 6.92 Å². The van der Waals surface area contributed by atoms with E-state index < -0.39 is 12.0 Å². The van der Waals surface area contributed by atoms with Crippen LogP contribution in [-0.4, -0.2) is 54.3 Å². The smallest absolute Gasteiger partial charge is 0.328 e. The molecule has 6 nitrogen and oxygen atoms in total. The number of rotatable bonds is 6. The second-order valence-electron chi connectivity index (χ2n) is 5.31. The van der Waals surface area contributed by atoms with Crippen molar-refractivity contribution in [2.45, 2.75) is 19.4 Å². The Balaban J connectivity index is 1.84. The first-order valence-corrected chi connectivity index (χ1v) is 7.38. The van der Waals surface area contributed by atoms with Crippen molar-refractivity contribution in [2.24, 2.45) is 5.92 Å². The zero-order valence-electron chi connectivity index (χ0n) is 12.6. The lowest BCUT2D eigenvalue weighted by atomic mass is 10.0. The first-order chi connectivity index (χ1) is 10.6. The van der Waals surface area contributed by atoms with Crippen molar-refractivity contribution in [3.8, 4) is 5.75 Å². The third-order valence-electron chi connectivity index (χ3n) is 3.68. The molecular formula is C16H21NO5. The maximum Gasteiger partial charge on any atom is 0.328 e. The molecule has 1 aliphatic heterocycles. The fourth-order valence-corrected chi connectivity index (χ4v) is 2.35. The van der Waals surface area contributed by atoms with Gasteiger partial charge in [0.1, 0.15) is 5.75 Å². The van der Waals surface area contributed by atoms with Gasteiger partial charge in [-0.1, -0.05) is 25.1 Å². The van der Waals surface area contributed by atoms with Gasteiger partial charge in [0.2, 0.25) is 5.91 Å². The molecule has 0 aromatic heterocycles. The normalized spacial score (nSPS) is 19.5. The molecule has 1 aliphatic rings.